The van der Waals surface area contributed by atoms with E-state index in [-0.39, 0.29) is 6.04 Å². The monoisotopic (exact) mass is 310 g/mol. The lowest BCUT2D eigenvalue weighted by atomic mass is 10.1. The van der Waals surface area contributed by atoms with E-state index in [0.717, 1.165) is 36.9 Å². The van der Waals surface area contributed by atoms with Crippen molar-refractivity contribution in [3.8, 4) is 0 Å². The van der Waals surface area contributed by atoms with Gasteiger partial charge in [0.15, 0.2) is 0 Å². The van der Waals surface area contributed by atoms with E-state index < -0.39 is 10.0 Å². The normalized spacial score (nSPS) is 22.6. The SMILES string of the molecule is CCNCc1cc(S(=O)(=O)NC2CCC(C)C2)ccc1C. The van der Waals surface area contributed by atoms with Crippen molar-refractivity contribution >= 4 is 10.0 Å². The van der Waals surface area contributed by atoms with Crippen molar-refractivity contribution < 1.29 is 8.42 Å². The lowest BCUT2D eigenvalue weighted by Crippen LogP contribution is -2.33. The van der Waals surface area contributed by atoms with Crippen molar-refractivity contribution in [2.45, 2.75) is 57.5 Å². The second kappa shape index (κ2) is 6.90. The molecule has 0 bridgehead atoms. The lowest BCUT2D eigenvalue weighted by molar-refractivity contribution is 0.538. The molecule has 0 heterocycles. The number of aryl methyl sites for hydroxylation is 1. The highest BCUT2D eigenvalue weighted by Crippen LogP contribution is 2.26. The van der Waals surface area contributed by atoms with E-state index in [0.29, 0.717) is 17.4 Å². The Balaban J connectivity index is 2.15. The van der Waals surface area contributed by atoms with Gasteiger partial charge in [-0.05, 0) is 61.9 Å². The largest absolute Gasteiger partial charge is 0.313 e. The molecule has 2 atom stereocenters. The maximum Gasteiger partial charge on any atom is 0.240 e. The van der Waals surface area contributed by atoms with E-state index >= 15 is 0 Å². The van der Waals surface area contributed by atoms with Crippen LogP contribution in [-0.2, 0) is 16.6 Å². The highest BCUT2D eigenvalue weighted by Gasteiger charge is 2.26. The van der Waals surface area contributed by atoms with Gasteiger partial charge in [0, 0.05) is 12.6 Å². The minimum atomic E-state index is -3.41. The van der Waals surface area contributed by atoms with Crippen LogP contribution in [0.4, 0.5) is 0 Å². The number of benzene rings is 1. The molecule has 0 saturated heterocycles. The van der Waals surface area contributed by atoms with Gasteiger partial charge >= 0.3 is 0 Å². The summed E-state index contributed by atoms with van der Waals surface area (Å²) >= 11 is 0. The molecule has 1 aliphatic carbocycles. The van der Waals surface area contributed by atoms with Crippen LogP contribution in [0.1, 0.15) is 44.2 Å². The summed E-state index contributed by atoms with van der Waals surface area (Å²) in [6.07, 6.45) is 2.98. The van der Waals surface area contributed by atoms with Crippen molar-refractivity contribution in [2.75, 3.05) is 6.54 Å². The fraction of sp³-hybridized carbons (Fsp3) is 0.625. The van der Waals surface area contributed by atoms with Crippen LogP contribution in [0.5, 0.6) is 0 Å². The molecule has 1 aromatic rings. The van der Waals surface area contributed by atoms with Gasteiger partial charge in [-0.2, -0.15) is 0 Å². The molecule has 0 aromatic heterocycles. The second-order valence-electron chi connectivity index (χ2n) is 6.11. The summed E-state index contributed by atoms with van der Waals surface area (Å²) in [7, 11) is -3.41. The topological polar surface area (TPSA) is 58.2 Å². The predicted molar refractivity (Wildman–Crippen MR) is 85.7 cm³/mol. The molecule has 5 heteroatoms. The molecule has 21 heavy (non-hydrogen) atoms. The van der Waals surface area contributed by atoms with Gasteiger partial charge in [0.25, 0.3) is 0 Å². The Hall–Kier alpha value is -0.910. The Kier molecular flexibility index (Phi) is 5.41. The third-order valence-corrected chi connectivity index (χ3v) is 5.73. The summed E-state index contributed by atoms with van der Waals surface area (Å²) in [6.45, 7) is 7.80. The zero-order chi connectivity index (χ0) is 15.5. The highest BCUT2D eigenvalue weighted by atomic mass is 32.2. The molecule has 0 amide bonds. The third kappa shape index (κ3) is 4.28. The molecular weight excluding hydrogens is 284 g/mol. The Morgan fingerprint density at radius 2 is 2.05 bits per heavy atom. The number of hydrogen-bond donors (Lipinski definition) is 2. The van der Waals surface area contributed by atoms with Crippen molar-refractivity contribution in [1.82, 2.24) is 10.0 Å². The first kappa shape index (κ1) is 16.5. The minimum absolute atomic E-state index is 0.0866. The van der Waals surface area contributed by atoms with Crippen molar-refractivity contribution in [3.63, 3.8) is 0 Å². The fourth-order valence-corrected chi connectivity index (χ4v) is 4.20. The van der Waals surface area contributed by atoms with E-state index in [9.17, 15) is 8.42 Å². The van der Waals surface area contributed by atoms with Crippen LogP contribution in [0.25, 0.3) is 0 Å². The van der Waals surface area contributed by atoms with Gasteiger partial charge in [-0.25, -0.2) is 13.1 Å². The molecule has 1 aliphatic rings. The second-order valence-corrected chi connectivity index (χ2v) is 7.82. The molecule has 1 fully saturated rings. The number of sulfonamides is 1. The summed E-state index contributed by atoms with van der Waals surface area (Å²) in [4.78, 5) is 0.376. The Morgan fingerprint density at radius 3 is 2.67 bits per heavy atom. The van der Waals surface area contributed by atoms with Crippen LogP contribution < -0.4 is 10.0 Å². The molecule has 118 valence electrons. The van der Waals surface area contributed by atoms with E-state index in [2.05, 4.69) is 17.0 Å². The summed E-state index contributed by atoms with van der Waals surface area (Å²) < 4.78 is 27.9. The number of hydrogen-bond acceptors (Lipinski definition) is 3. The van der Waals surface area contributed by atoms with Gasteiger partial charge in [-0.15, -0.1) is 0 Å². The van der Waals surface area contributed by atoms with E-state index in [1.807, 2.05) is 19.9 Å². The summed E-state index contributed by atoms with van der Waals surface area (Å²) in [5.41, 5.74) is 2.16. The average Bonchev–Trinajstić information content (AvgIpc) is 2.82. The highest BCUT2D eigenvalue weighted by molar-refractivity contribution is 7.89. The van der Waals surface area contributed by atoms with Gasteiger partial charge in [-0.3, -0.25) is 0 Å². The van der Waals surface area contributed by atoms with Crippen LogP contribution >= 0.6 is 0 Å². The average molecular weight is 310 g/mol. The first-order chi connectivity index (χ1) is 9.92. The minimum Gasteiger partial charge on any atom is -0.313 e. The van der Waals surface area contributed by atoms with Gasteiger partial charge < -0.3 is 5.32 Å². The molecule has 0 spiro atoms. The van der Waals surface area contributed by atoms with Gasteiger partial charge in [0.2, 0.25) is 10.0 Å². The summed E-state index contributed by atoms with van der Waals surface area (Å²) in [5.74, 6) is 0.611. The first-order valence-electron chi connectivity index (χ1n) is 7.75. The molecular formula is C16H26N2O2S. The maximum absolute atomic E-state index is 12.5. The van der Waals surface area contributed by atoms with E-state index in [1.54, 1.807) is 12.1 Å². The quantitative estimate of drug-likeness (QED) is 0.849. The van der Waals surface area contributed by atoms with Gasteiger partial charge in [0.05, 0.1) is 4.90 Å². The molecule has 1 aromatic carbocycles. The zero-order valence-electron chi connectivity index (χ0n) is 13.1. The van der Waals surface area contributed by atoms with Crippen LogP contribution in [0.3, 0.4) is 0 Å². The van der Waals surface area contributed by atoms with Crippen molar-refractivity contribution in [2.24, 2.45) is 5.92 Å². The Labute approximate surface area is 128 Å². The van der Waals surface area contributed by atoms with Gasteiger partial charge in [0.1, 0.15) is 0 Å². The number of rotatable bonds is 6. The smallest absolute Gasteiger partial charge is 0.240 e. The maximum atomic E-state index is 12.5. The summed E-state index contributed by atoms with van der Waals surface area (Å²) in [5, 5.41) is 3.25. The van der Waals surface area contributed by atoms with E-state index in [4.69, 9.17) is 0 Å². The third-order valence-electron chi connectivity index (χ3n) is 4.21. The molecule has 2 unspecified atom stereocenters. The lowest BCUT2D eigenvalue weighted by Gasteiger charge is -2.15. The van der Waals surface area contributed by atoms with Crippen molar-refractivity contribution in [3.05, 3.63) is 29.3 Å². The van der Waals surface area contributed by atoms with Gasteiger partial charge in [-0.1, -0.05) is 19.9 Å². The molecule has 1 saturated carbocycles. The van der Waals surface area contributed by atoms with Crippen LogP contribution in [0, 0.1) is 12.8 Å². The molecule has 2 rings (SSSR count). The van der Waals surface area contributed by atoms with E-state index in [1.165, 1.54) is 0 Å². The number of nitrogens with one attached hydrogen (secondary N) is 2. The fourth-order valence-electron chi connectivity index (χ4n) is 2.87. The Bertz CT molecular complexity index is 584. The molecule has 0 aliphatic heterocycles. The standard InChI is InChI=1S/C16H26N2O2S/c1-4-17-11-14-10-16(8-6-13(14)3)21(19,20)18-15-7-5-12(2)9-15/h6,8,10,12,15,17-18H,4-5,7,9,11H2,1-3H3. The molecule has 4 nitrogen and oxygen atoms in total. The Morgan fingerprint density at radius 1 is 1.29 bits per heavy atom. The zero-order valence-corrected chi connectivity index (χ0v) is 14.0. The summed E-state index contributed by atoms with van der Waals surface area (Å²) in [6, 6.07) is 5.46. The molecule has 2 N–H and O–H groups in total. The van der Waals surface area contributed by atoms with Crippen LogP contribution in [0.2, 0.25) is 0 Å². The molecule has 0 radical (unpaired) electrons. The predicted octanol–water partition coefficient (Wildman–Crippen LogP) is 2.57. The first-order valence-corrected chi connectivity index (χ1v) is 9.23. The van der Waals surface area contributed by atoms with Crippen LogP contribution in [-0.4, -0.2) is 21.0 Å². The van der Waals surface area contributed by atoms with Crippen molar-refractivity contribution in [1.29, 1.82) is 0 Å². The van der Waals surface area contributed by atoms with Crippen LogP contribution in [0.15, 0.2) is 23.1 Å².